The number of hydrogen-bond donors (Lipinski definition) is 2. The minimum atomic E-state index is -0.215. The van der Waals surface area contributed by atoms with Gasteiger partial charge in [-0.15, -0.1) is 0 Å². The van der Waals surface area contributed by atoms with E-state index in [1.807, 2.05) is 11.1 Å². The van der Waals surface area contributed by atoms with E-state index in [0.29, 0.717) is 19.5 Å². The molecule has 1 aromatic carbocycles. The molecule has 0 bridgehead atoms. The van der Waals surface area contributed by atoms with Crippen LogP contribution >= 0.6 is 0 Å². The average molecular weight is 355 g/mol. The van der Waals surface area contributed by atoms with Crippen molar-refractivity contribution in [3.63, 3.8) is 0 Å². The maximum Gasteiger partial charge on any atom is 0.225 e. The Balaban J connectivity index is 1.59. The Hall–Kier alpha value is -2.30. The van der Waals surface area contributed by atoms with Crippen LogP contribution in [0.5, 0.6) is 0 Å². The Bertz CT molecular complexity index is 792. The van der Waals surface area contributed by atoms with E-state index in [1.165, 1.54) is 16.5 Å². The highest BCUT2D eigenvalue weighted by Gasteiger charge is 2.34. The van der Waals surface area contributed by atoms with E-state index in [0.717, 1.165) is 24.8 Å². The Morgan fingerprint density at radius 1 is 1.35 bits per heavy atom. The molecule has 1 fully saturated rings. The zero-order chi connectivity index (χ0) is 18.7. The minimum absolute atomic E-state index is 0.0252. The molecule has 2 heterocycles. The number of carbonyl (C=O) groups is 2. The van der Waals surface area contributed by atoms with Crippen LogP contribution in [0.2, 0.25) is 0 Å². The van der Waals surface area contributed by atoms with Crippen LogP contribution in [0.3, 0.4) is 0 Å². The highest BCUT2D eigenvalue weighted by Crippen LogP contribution is 2.23. The average Bonchev–Trinajstić information content (AvgIpc) is 3.20. The largest absolute Gasteiger partial charge is 0.361 e. The lowest BCUT2D eigenvalue weighted by Crippen LogP contribution is -2.39. The molecule has 1 aromatic heterocycles. The summed E-state index contributed by atoms with van der Waals surface area (Å²) in [5.41, 5.74) is 3.58. The van der Waals surface area contributed by atoms with Gasteiger partial charge >= 0.3 is 0 Å². The molecular weight excluding hydrogens is 326 g/mol. The Morgan fingerprint density at radius 3 is 2.85 bits per heavy atom. The molecule has 0 radical (unpaired) electrons. The number of aryl methyl sites for hydroxylation is 1. The van der Waals surface area contributed by atoms with Crippen molar-refractivity contribution in [1.29, 1.82) is 0 Å². The second kappa shape index (κ2) is 7.94. The molecule has 0 saturated carbocycles. The molecule has 1 saturated heterocycles. The smallest absolute Gasteiger partial charge is 0.225 e. The van der Waals surface area contributed by atoms with Crippen molar-refractivity contribution in [3.8, 4) is 0 Å². The van der Waals surface area contributed by atoms with E-state index >= 15 is 0 Å². The molecule has 2 aromatic rings. The van der Waals surface area contributed by atoms with Gasteiger partial charge in [0.25, 0.3) is 0 Å². The van der Waals surface area contributed by atoms with E-state index < -0.39 is 0 Å². The lowest BCUT2D eigenvalue weighted by Gasteiger charge is -2.19. The topological polar surface area (TPSA) is 65.2 Å². The van der Waals surface area contributed by atoms with Gasteiger partial charge in [-0.1, -0.05) is 25.5 Å². The normalized spacial score (nSPS) is 17.5. The van der Waals surface area contributed by atoms with E-state index in [1.54, 1.807) is 0 Å². The Labute approximate surface area is 155 Å². The number of H-pyrrole nitrogens is 1. The summed E-state index contributed by atoms with van der Waals surface area (Å²) in [6, 6.07) is 6.57. The molecular formula is C21H29N3O2. The van der Waals surface area contributed by atoms with E-state index in [4.69, 9.17) is 0 Å². The maximum atomic E-state index is 12.4. The first kappa shape index (κ1) is 18.5. The molecule has 26 heavy (non-hydrogen) atoms. The molecule has 140 valence electrons. The van der Waals surface area contributed by atoms with Gasteiger partial charge in [0, 0.05) is 42.7 Å². The number of carbonyl (C=O) groups excluding carboxylic acids is 2. The van der Waals surface area contributed by atoms with Gasteiger partial charge in [0.2, 0.25) is 11.8 Å². The standard InChI is InChI=1S/C21H29N3O2/c1-4-17(5-2)23-21(26)16-11-20(25)24(13-16)9-8-15-12-22-19-7-6-14(3)10-18(15)19/h6-7,10,12,16-17,22H,4-5,8-9,11,13H2,1-3H3,(H,23,26). The Kier molecular flexibility index (Phi) is 5.64. The Morgan fingerprint density at radius 2 is 2.12 bits per heavy atom. The van der Waals surface area contributed by atoms with Gasteiger partial charge in [-0.2, -0.15) is 0 Å². The van der Waals surface area contributed by atoms with Crippen LogP contribution in [-0.2, 0) is 16.0 Å². The number of hydrogen-bond acceptors (Lipinski definition) is 2. The van der Waals surface area contributed by atoms with Crippen molar-refractivity contribution in [2.24, 2.45) is 5.92 Å². The van der Waals surface area contributed by atoms with Crippen molar-refractivity contribution in [2.75, 3.05) is 13.1 Å². The summed E-state index contributed by atoms with van der Waals surface area (Å²) in [4.78, 5) is 29.9. The highest BCUT2D eigenvalue weighted by atomic mass is 16.2. The van der Waals surface area contributed by atoms with Gasteiger partial charge in [0.05, 0.1) is 5.92 Å². The van der Waals surface area contributed by atoms with Crippen molar-refractivity contribution < 1.29 is 9.59 Å². The fraction of sp³-hybridized carbons (Fsp3) is 0.524. The molecule has 3 rings (SSSR count). The number of benzene rings is 1. The molecule has 0 spiro atoms. The quantitative estimate of drug-likeness (QED) is 0.801. The van der Waals surface area contributed by atoms with Crippen LogP contribution in [0, 0.1) is 12.8 Å². The van der Waals surface area contributed by atoms with Gasteiger partial charge in [-0.3, -0.25) is 9.59 Å². The number of nitrogens with one attached hydrogen (secondary N) is 2. The van der Waals surface area contributed by atoms with E-state index in [-0.39, 0.29) is 23.8 Å². The molecule has 1 unspecified atom stereocenters. The minimum Gasteiger partial charge on any atom is -0.361 e. The molecule has 1 aliphatic rings. The van der Waals surface area contributed by atoms with Crippen LogP contribution in [-0.4, -0.2) is 40.8 Å². The number of aromatic amines is 1. The molecule has 1 aliphatic heterocycles. The predicted octanol–water partition coefficient (Wildman–Crippen LogP) is 3.17. The molecule has 5 nitrogen and oxygen atoms in total. The van der Waals surface area contributed by atoms with Crippen LogP contribution in [0.15, 0.2) is 24.4 Å². The van der Waals surface area contributed by atoms with Gasteiger partial charge in [0.1, 0.15) is 0 Å². The summed E-state index contributed by atoms with van der Waals surface area (Å²) in [5.74, 6) is -0.101. The third-order valence-corrected chi connectivity index (χ3v) is 5.49. The summed E-state index contributed by atoms with van der Waals surface area (Å²) in [5, 5.41) is 4.30. The van der Waals surface area contributed by atoms with E-state index in [2.05, 4.69) is 49.3 Å². The first-order chi connectivity index (χ1) is 12.5. The monoisotopic (exact) mass is 355 g/mol. The summed E-state index contributed by atoms with van der Waals surface area (Å²) in [7, 11) is 0. The lowest BCUT2D eigenvalue weighted by molar-refractivity contribution is -0.129. The van der Waals surface area contributed by atoms with Crippen LogP contribution in [0.4, 0.5) is 0 Å². The zero-order valence-corrected chi connectivity index (χ0v) is 16.0. The fourth-order valence-corrected chi connectivity index (χ4v) is 3.73. The summed E-state index contributed by atoms with van der Waals surface area (Å²) in [6.45, 7) is 7.43. The summed E-state index contributed by atoms with van der Waals surface area (Å²) in [6.07, 6.45) is 5.01. The SMILES string of the molecule is CCC(CC)NC(=O)C1CC(=O)N(CCc2c[nH]c3ccc(C)cc23)C1. The molecule has 2 N–H and O–H groups in total. The van der Waals surface area contributed by atoms with Crippen molar-refractivity contribution in [1.82, 2.24) is 15.2 Å². The number of amides is 2. The predicted molar refractivity (Wildman–Crippen MR) is 104 cm³/mol. The number of aromatic nitrogens is 1. The zero-order valence-electron chi connectivity index (χ0n) is 16.0. The fourth-order valence-electron chi connectivity index (χ4n) is 3.73. The third-order valence-electron chi connectivity index (χ3n) is 5.49. The van der Waals surface area contributed by atoms with Crippen LogP contribution in [0.25, 0.3) is 10.9 Å². The maximum absolute atomic E-state index is 12.4. The number of likely N-dealkylation sites (tertiary alicyclic amines) is 1. The molecule has 1 atom stereocenters. The molecule has 5 heteroatoms. The van der Waals surface area contributed by atoms with Crippen molar-refractivity contribution >= 4 is 22.7 Å². The summed E-state index contributed by atoms with van der Waals surface area (Å²) < 4.78 is 0. The number of fused-ring (bicyclic) bond motifs is 1. The number of rotatable bonds is 7. The highest BCUT2D eigenvalue weighted by molar-refractivity contribution is 5.89. The second-order valence-corrected chi connectivity index (χ2v) is 7.38. The van der Waals surface area contributed by atoms with Crippen LogP contribution in [0.1, 0.15) is 44.2 Å². The lowest BCUT2D eigenvalue weighted by atomic mass is 10.1. The summed E-state index contributed by atoms with van der Waals surface area (Å²) >= 11 is 0. The van der Waals surface area contributed by atoms with Gasteiger partial charge in [-0.05, 0) is 43.9 Å². The molecule has 2 amide bonds. The molecule has 0 aliphatic carbocycles. The van der Waals surface area contributed by atoms with Crippen molar-refractivity contribution in [2.45, 2.75) is 52.5 Å². The number of nitrogens with zero attached hydrogens (tertiary/aromatic N) is 1. The van der Waals surface area contributed by atoms with Gasteiger partial charge in [0.15, 0.2) is 0 Å². The second-order valence-electron chi connectivity index (χ2n) is 7.38. The van der Waals surface area contributed by atoms with Gasteiger partial charge < -0.3 is 15.2 Å². The van der Waals surface area contributed by atoms with Gasteiger partial charge in [-0.25, -0.2) is 0 Å². The first-order valence-electron chi connectivity index (χ1n) is 9.66. The third kappa shape index (κ3) is 3.92. The first-order valence-corrected chi connectivity index (χ1v) is 9.66. The van der Waals surface area contributed by atoms with Crippen molar-refractivity contribution in [3.05, 3.63) is 35.5 Å². The van der Waals surface area contributed by atoms with Crippen LogP contribution < -0.4 is 5.32 Å². The van der Waals surface area contributed by atoms with E-state index in [9.17, 15) is 9.59 Å².